The number of aryl methyl sites for hydroxylation is 2. The van der Waals surface area contributed by atoms with Gasteiger partial charge in [0.2, 0.25) is 11.6 Å². The molecule has 0 amide bonds. The van der Waals surface area contributed by atoms with Crippen LogP contribution in [0.2, 0.25) is 0 Å². The van der Waals surface area contributed by atoms with Crippen LogP contribution in [0.4, 0.5) is 0 Å². The van der Waals surface area contributed by atoms with Gasteiger partial charge in [-0.2, -0.15) is 0 Å². The first-order chi connectivity index (χ1) is 12.6. The molecule has 0 N–H and O–H groups in total. The highest BCUT2D eigenvalue weighted by Crippen LogP contribution is 2.37. The van der Waals surface area contributed by atoms with E-state index >= 15 is 0 Å². The molecular formula is C19H10N2O3S2. The number of carbonyl (C=O) groups is 2. The van der Waals surface area contributed by atoms with E-state index in [1.165, 1.54) is 9.28 Å². The maximum atomic E-state index is 13.3. The van der Waals surface area contributed by atoms with Crippen molar-refractivity contribution < 1.29 is 9.59 Å². The van der Waals surface area contributed by atoms with Gasteiger partial charge in [-0.25, -0.2) is 9.38 Å². The smallest absolute Gasteiger partial charge is 0.268 e. The van der Waals surface area contributed by atoms with Crippen LogP contribution < -0.4 is 5.56 Å². The van der Waals surface area contributed by atoms with Crippen molar-refractivity contribution in [3.05, 3.63) is 66.8 Å². The Morgan fingerprint density at radius 2 is 1.73 bits per heavy atom. The molecule has 0 radical (unpaired) electrons. The number of hydrogen-bond donors (Lipinski definition) is 0. The van der Waals surface area contributed by atoms with Gasteiger partial charge in [0.1, 0.15) is 15.4 Å². The number of hydrogen-bond acceptors (Lipinski definition) is 6. The molecule has 0 spiro atoms. The van der Waals surface area contributed by atoms with E-state index in [0.29, 0.717) is 26.4 Å². The van der Waals surface area contributed by atoms with Crippen LogP contribution in [0.5, 0.6) is 0 Å². The molecule has 4 aromatic rings. The van der Waals surface area contributed by atoms with E-state index in [4.69, 9.17) is 0 Å². The minimum atomic E-state index is -0.281. The second-order valence-corrected chi connectivity index (χ2v) is 8.62. The summed E-state index contributed by atoms with van der Waals surface area (Å²) in [6, 6.07) is 6.77. The van der Waals surface area contributed by atoms with Crippen LogP contribution in [0.25, 0.3) is 15.2 Å². The summed E-state index contributed by atoms with van der Waals surface area (Å²) in [5, 5.41) is 0.625. The minimum Gasteiger partial charge on any atom is -0.288 e. The summed E-state index contributed by atoms with van der Waals surface area (Å²) in [4.78, 5) is 46.5. The summed E-state index contributed by atoms with van der Waals surface area (Å²) in [6.45, 7) is 0. The van der Waals surface area contributed by atoms with E-state index in [2.05, 4.69) is 4.98 Å². The van der Waals surface area contributed by atoms with Gasteiger partial charge < -0.3 is 0 Å². The fraction of sp³-hybridized carbons (Fsp3) is 0.158. The Hall–Kier alpha value is -2.64. The van der Waals surface area contributed by atoms with Gasteiger partial charge >= 0.3 is 0 Å². The van der Waals surface area contributed by atoms with Crippen molar-refractivity contribution in [2.75, 3.05) is 0 Å². The Labute approximate surface area is 154 Å². The number of aromatic nitrogens is 2. The molecule has 26 heavy (non-hydrogen) atoms. The molecule has 2 aliphatic rings. The minimum absolute atomic E-state index is 0.172. The Balaban J connectivity index is 1.77. The van der Waals surface area contributed by atoms with Gasteiger partial charge in [0, 0.05) is 16.0 Å². The van der Waals surface area contributed by atoms with Gasteiger partial charge in [0.25, 0.3) is 5.56 Å². The van der Waals surface area contributed by atoms with Gasteiger partial charge in [-0.3, -0.25) is 14.4 Å². The predicted molar refractivity (Wildman–Crippen MR) is 100 cm³/mol. The molecule has 126 valence electrons. The quantitative estimate of drug-likeness (QED) is 0.415. The number of benzene rings is 1. The number of thiazole rings is 1. The van der Waals surface area contributed by atoms with E-state index in [1.54, 1.807) is 35.6 Å². The van der Waals surface area contributed by atoms with Crippen LogP contribution in [0.15, 0.2) is 29.1 Å². The van der Waals surface area contributed by atoms with Crippen molar-refractivity contribution in [1.82, 2.24) is 9.38 Å². The molecule has 0 atom stereocenters. The Morgan fingerprint density at radius 3 is 2.54 bits per heavy atom. The molecule has 1 aromatic carbocycles. The first-order valence-electron chi connectivity index (χ1n) is 8.33. The second kappa shape index (κ2) is 4.75. The lowest BCUT2D eigenvalue weighted by Gasteiger charge is -2.13. The average molecular weight is 378 g/mol. The van der Waals surface area contributed by atoms with Crippen LogP contribution in [0.3, 0.4) is 0 Å². The third-order valence-corrected chi connectivity index (χ3v) is 7.40. The van der Waals surface area contributed by atoms with Crippen LogP contribution in [0, 0.1) is 0 Å². The first kappa shape index (κ1) is 14.5. The van der Waals surface area contributed by atoms with Crippen molar-refractivity contribution in [3.8, 4) is 0 Å². The lowest BCUT2D eigenvalue weighted by Crippen LogP contribution is -2.25. The summed E-state index contributed by atoms with van der Waals surface area (Å²) >= 11 is 2.70. The highest BCUT2D eigenvalue weighted by Gasteiger charge is 2.35. The van der Waals surface area contributed by atoms with Crippen molar-refractivity contribution in [2.45, 2.75) is 19.3 Å². The zero-order valence-corrected chi connectivity index (χ0v) is 15.0. The van der Waals surface area contributed by atoms with Crippen LogP contribution in [-0.4, -0.2) is 21.0 Å². The second-order valence-electron chi connectivity index (χ2n) is 6.56. The number of carbonyl (C=O) groups excluding carboxylic acids is 2. The van der Waals surface area contributed by atoms with E-state index in [0.717, 1.165) is 41.0 Å². The summed E-state index contributed by atoms with van der Waals surface area (Å²) in [7, 11) is 0. The molecule has 0 unspecified atom stereocenters. The Kier molecular flexibility index (Phi) is 2.65. The van der Waals surface area contributed by atoms with Gasteiger partial charge in [0.15, 0.2) is 4.96 Å². The molecule has 5 nitrogen and oxygen atoms in total. The maximum absolute atomic E-state index is 13.3. The third-order valence-electron chi connectivity index (χ3n) is 5.18. The van der Waals surface area contributed by atoms with Gasteiger partial charge in [-0.05, 0) is 24.8 Å². The largest absolute Gasteiger partial charge is 0.288 e. The zero-order valence-electron chi connectivity index (χ0n) is 13.4. The molecular weight excluding hydrogens is 368 g/mol. The Bertz CT molecular complexity index is 1370. The van der Waals surface area contributed by atoms with Crippen LogP contribution in [-0.2, 0) is 12.8 Å². The van der Waals surface area contributed by atoms with Gasteiger partial charge in [-0.1, -0.05) is 35.6 Å². The molecule has 0 saturated carbocycles. The molecule has 0 fully saturated rings. The van der Waals surface area contributed by atoms with Crippen molar-refractivity contribution in [2.24, 2.45) is 0 Å². The van der Waals surface area contributed by atoms with Crippen molar-refractivity contribution in [1.29, 1.82) is 0 Å². The van der Waals surface area contributed by atoms with Gasteiger partial charge in [0.05, 0.1) is 5.39 Å². The molecule has 3 heterocycles. The normalized spacial score (nSPS) is 15.5. The third kappa shape index (κ3) is 1.60. The number of thiophene rings is 1. The predicted octanol–water partition coefficient (Wildman–Crippen LogP) is 3.23. The fourth-order valence-electron chi connectivity index (χ4n) is 4.02. The monoisotopic (exact) mass is 378 g/mol. The van der Waals surface area contributed by atoms with Gasteiger partial charge in [-0.15, -0.1) is 11.3 Å². The van der Waals surface area contributed by atoms with Crippen molar-refractivity contribution in [3.63, 3.8) is 0 Å². The maximum Gasteiger partial charge on any atom is 0.268 e. The van der Waals surface area contributed by atoms with Crippen molar-refractivity contribution >= 4 is 49.4 Å². The molecule has 3 aromatic heterocycles. The standard InChI is InChI=1S/C19H10N2O3S2/c22-14-8-4-1-2-5-9(8)15(23)16-13(14)21-18(24)12-10-6-3-7-11(10)25-17(12)20-19(21)26-16/h1-2,4-5H,3,6-7H2. The van der Waals surface area contributed by atoms with Crippen LogP contribution in [0.1, 0.15) is 48.1 Å². The number of rotatable bonds is 0. The lowest BCUT2D eigenvalue weighted by molar-refractivity contribution is 0.0978. The molecule has 0 saturated heterocycles. The summed E-state index contributed by atoms with van der Waals surface area (Å²) < 4.78 is 1.36. The van der Waals surface area contributed by atoms with E-state index in [-0.39, 0.29) is 22.8 Å². The summed E-state index contributed by atoms with van der Waals surface area (Å²) in [5.41, 5.74) is 1.78. The zero-order chi connectivity index (χ0) is 17.6. The number of nitrogens with zero attached hydrogens (tertiary/aromatic N) is 2. The molecule has 0 aliphatic heterocycles. The van der Waals surface area contributed by atoms with E-state index in [1.807, 2.05) is 0 Å². The highest BCUT2D eigenvalue weighted by atomic mass is 32.1. The fourth-order valence-corrected chi connectivity index (χ4v) is 6.40. The molecule has 2 aliphatic carbocycles. The summed E-state index contributed by atoms with van der Waals surface area (Å²) in [5.74, 6) is -0.491. The SMILES string of the molecule is O=C1c2ccccc2C(=O)c2c1sc1nc3sc4c(c3c(=O)n21)CCC4. The van der Waals surface area contributed by atoms with Crippen LogP contribution >= 0.6 is 22.7 Å². The molecule has 6 rings (SSSR count). The topological polar surface area (TPSA) is 68.5 Å². The molecule has 7 heteroatoms. The Morgan fingerprint density at radius 1 is 0.962 bits per heavy atom. The number of fused-ring (bicyclic) bond motifs is 7. The lowest BCUT2D eigenvalue weighted by atomic mass is 9.91. The highest BCUT2D eigenvalue weighted by molar-refractivity contribution is 7.20. The first-order valence-corrected chi connectivity index (χ1v) is 9.96. The molecule has 0 bridgehead atoms. The summed E-state index contributed by atoms with van der Waals surface area (Å²) in [6.07, 6.45) is 2.91. The average Bonchev–Trinajstić information content (AvgIpc) is 3.32. The van der Waals surface area contributed by atoms with E-state index in [9.17, 15) is 14.4 Å². The van der Waals surface area contributed by atoms with E-state index < -0.39 is 0 Å². The number of ketones is 2.